The van der Waals surface area contributed by atoms with Gasteiger partial charge in [-0.2, -0.15) is 5.10 Å². The molecule has 0 fully saturated rings. The highest BCUT2D eigenvalue weighted by Gasteiger charge is 2.36. The quantitative estimate of drug-likeness (QED) is 0.466. The van der Waals surface area contributed by atoms with Crippen LogP contribution in [0.1, 0.15) is 70.3 Å². The molecule has 0 saturated heterocycles. The lowest BCUT2D eigenvalue weighted by atomic mass is 9.76. The Kier molecular flexibility index (Phi) is 4.99. The van der Waals surface area contributed by atoms with Crippen LogP contribution in [-0.4, -0.2) is 29.5 Å². The highest BCUT2D eigenvalue weighted by atomic mass is 19.1. The number of nitrogens with one attached hydrogen (secondary N) is 1. The topological polar surface area (TPSA) is 71.8 Å². The van der Waals surface area contributed by atoms with Crippen LogP contribution in [-0.2, 0) is 5.41 Å². The number of aromatic amines is 1. The highest BCUT2D eigenvalue weighted by molar-refractivity contribution is 5.64. The average molecular weight is 435 g/mol. The zero-order valence-corrected chi connectivity index (χ0v) is 20.6. The number of H-pyrrole nitrogens is 1. The van der Waals surface area contributed by atoms with Gasteiger partial charge in [-0.15, -0.1) is 0 Å². The first-order valence-corrected chi connectivity index (χ1v) is 10.9. The van der Waals surface area contributed by atoms with Crippen molar-refractivity contribution in [1.82, 2.24) is 29.5 Å². The maximum absolute atomic E-state index is 15.8. The molecule has 0 bridgehead atoms. The molecule has 4 rings (SSSR count). The van der Waals surface area contributed by atoms with E-state index in [4.69, 9.17) is 9.97 Å². The fourth-order valence-electron chi connectivity index (χ4n) is 4.74. The van der Waals surface area contributed by atoms with Crippen LogP contribution in [0, 0.1) is 61.2 Å². The summed E-state index contributed by atoms with van der Waals surface area (Å²) in [4.78, 5) is 14.4. The summed E-state index contributed by atoms with van der Waals surface area (Å²) in [5.74, 6) is 1.07. The molecule has 0 unspecified atom stereocenters. The number of aryl methyl sites for hydroxylation is 4. The summed E-state index contributed by atoms with van der Waals surface area (Å²) in [6.45, 7) is 19.8. The summed E-state index contributed by atoms with van der Waals surface area (Å²) in [7, 11) is 0. The van der Waals surface area contributed by atoms with Gasteiger partial charge in [0.25, 0.3) is 0 Å². The molecule has 0 saturated carbocycles. The van der Waals surface area contributed by atoms with E-state index in [1.807, 2.05) is 62.3 Å². The van der Waals surface area contributed by atoms with Crippen molar-refractivity contribution < 1.29 is 4.39 Å². The van der Waals surface area contributed by atoms with Gasteiger partial charge in [0.1, 0.15) is 17.3 Å². The third-order valence-electron chi connectivity index (χ3n) is 7.10. The SMILES string of the molecule is Cc1nc(-c2nc(C(C)(C)c3c(C)c(C)c(C)c(C)c3F)c3nc(C)c(C)n3c2C)n[nH]1. The molecule has 0 spiro atoms. The van der Waals surface area contributed by atoms with E-state index in [0.717, 1.165) is 39.4 Å². The fourth-order valence-corrected chi connectivity index (χ4v) is 4.74. The molecular formula is C25H31FN6. The summed E-state index contributed by atoms with van der Waals surface area (Å²) < 4.78 is 17.9. The number of fused-ring (bicyclic) bond motifs is 1. The van der Waals surface area contributed by atoms with E-state index >= 15 is 4.39 Å². The second-order valence-corrected chi connectivity index (χ2v) is 9.39. The Morgan fingerprint density at radius 3 is 2.00 bits per heavy atom. The second-order valence-electron chi connectivity index (χ2n) is 9.39. The molecule has 1 aromatic carbocycles. The van der Waals surface area contributed by atoms with E-state index in [9.17, 15) is 0 Å². The first-order chi connectivity index (χ1) is 14.9. The van der Waals surface area contributed by atoms with Crippen LogP contribution in [0.15, 0.2) is 0 Å². The van der Waals surface area contributed by atoms with Crippen LogP contribution in [0.4, 0.5) is 4.39 Å². The van der Waals surface area contributed by atoms with Crippen molar-refractivity contribution in [2.24, 2.45) is 0 Å². The second kappa shape index (κ2) is 7.22. The number of hydrogen-bond acceptors (Lipinski definition) is 4. The number of nitrogens with zero attached hydrogens (tertiary/aromatic N) is 5. The number of imidazole rings is 1. The standard InChI is InChI=1S/C25H31FN6/c1-11-12(2)14(4)20(26)19(13(11)3)25(9,10)22-24-27-15(5)16(6)32(24)17(7)21(29-22)23-28-18(8)30-31-23/h1-10H3,(H,28,30,31). The number of halogens is 1. The lowest BCUT2D eigenvalue weighted by Gasteiger charge is -2.30. The van der Waals surface area contributed by atoms with Gasteiger partial charge in [-0.3, -0.25) is 9.50 Å². The maximum atomic E-state index is 15.8. The Hall–Kier alpha value is -3.09. The zero-order chi connectivity index (χ0) is 23.7. The molecule has 0 aliphatic heterocycles. The van der Waals surface area contributed by atoms with Crippen molar-refractivity contribution in [3.8, 4) is 11.5 Å². The van der Waals surface area contributed by atoms with Crippen LogP contribution >= 0.6 is 0 Å². The normalized spacial score (nSPS) is 12.2. The average Bonchev–Trinajstić information content (AvgIpc) is 3.28. The molecule has 0 atom stereocenters. The smallest absolute Gasteiger partial charge is 0.201 e. The van der Waals surface area contributed by atoms with Crippen LogP contribution in [0.5, 0.6) is 0 Å². The predicted octanol–water partition coefficient (Wildman–Crippen LogP) is 5.45. The molecule has 32 heavy (non-hydrogen) atoms. The lowest BCUT2D eigenvalue weighted by Crippen LogP contribution is -2.27. The summed E-state index contributed by atoms with van der Waals surface area (Å²) in [6, 6.07) is 0. The Morgan fingerprint density at radius 2 is 1.41 bits per heavy atom. The van der Waals surface area contributed by atoms with Gasteiger partial charge in [0.2, 0.25) is 5.82 Å². The first-order valence-electron chi connectivity index (χ1n) is 10.9. The van der Waals surface area contributed by atoms with Crippen LogP contribution in [0.25, 0.3) is 17.2 Å². The summed E-state index contributed by atoms with van der Waals surface area (Å²) in [5.41, 5.74) is 8.63. The van der Waals surface area contributed by atoms with E-state index in [-0.39, 0.29) is 5.82 Å². The van der Waals surface area contributed by atoms with Crippen molar-refractivity contribution in [3.05, 3.63) is 62.2 Å². The molecule has 6 nitrogen and oxygen atoms in total. The van der Waals surface area contributed by atoms with Crippen molar-refractivity contribution in [2.75, 3.05) is 0 Å². The summed E-state index contributed by atoms with van der Waals surface area (Å²) in [5, 5.41) is 7.26. The number of rotatable bonds is 3. The molecule has 1 N–H and O–H groups in total. The van der Waals surface area contributed by atoms with Gasteiger partial charge in [0.05, 0.1) is 17.1 Å². The zero-order valence-electron chi connectivity index (χ0n) is 20.6. The molecule has 3 aromatic heterocycles. The molecule has 0 aliphatic carbocycles. The number of benzene rings is 1. The molecule has 0 amide bonds. The molecular weight excluding hydrogens is 403 g/mol. The number of hydrogen-bond donors (Lipinski definition) is 1. The van der Waals surface area contributed by atoms with Crippen LogP contribution in [0.3, 0.4) is 0 Å². The molecule has 7 heteroatoms. The Labute approximate surface area is 188 Å². The summed E-state index contributed by atoms with van der Waals surface area (Å²) in [6.07, 6.45) is 0. The van der Waals surface area contributed by atoms with E-state index < -0.39 is 5.41 Å². The highest BCUT2D eigenvalue weighted by Crippen LogP contribution is 2.41. The van der Waals surface area contributed by atoms with Crippen molar-refractivity contribution in [3.63, 3.8) is 0 Å². The van der Waals surface area contributed by atoms with E-state index in [1.54, 1.807) is 0 Å². The van der Waals surface area contributed by atoms with Gasteiger partial charge in [-0.05, 0) is 91.5 Å². The van der Waals surface area contributed by atoms with Gasteiger partial charge in [0, 0.05) is 16.7 Å². The summed E-state index contributed by atoms with van der Waals surface area (Å²) >= 11 is 0. The minimum absolute atomic E-state index is 0.175. The van der Waals surface area contributed by atoms with Gasteiger partial charge in [-0.25, -0.2) is 19.3 Å². The minimum Gasteiger partial charge on any atom is -0.297 e. The van der Waals surface area contributed by atoms with E-state index in [0.29, 0.717) is 34.2 Å². The molecule has 3 heterocycles. The maximum Gasteiger partial charge on any atom is 0.201 e. The fraction of sp³-hybridized carbons (Fsp3) is 0.440. The Bertz CT molecular complexity index is 1360. The monoisotopic (exact) mass is 434 g/mol. The van der Waals surface area contributed by atoms with Gasteiger partial charge < -0.3 is 0 Å². The number of aromatic nitrogens is 6. The Morgan fingerprint density at radius 1 is 0.781 bits per heavy atom. The largest absolute Gasteiger partial charge is 0.297 e. The third-order valence-corrected chi connectivity index (χ3v) is 7.10. The molecule has 0 aliphatic rings. The van der Waals surface area contributed by atoms with Crippen molar-refractivity contribution in [2.45, 2.75) is 74.7 Å². The van der Waals surface area contributed by atoms with Crippen LogP contribution < -0.4 is 0 Å². The van der Waals surface area contributed by atoms with Gasteiger partial charge in [-0.1, -0.05) is 0 Å². The molecule has 0 radical (unpaired) electrons. The third kappa shape index (κ3) is 2.98. The van der Waals surface area contributed by atoms with Crippen molar-refractivity contribution >= 4 is 5.65 Å². The Balaban J connectivity index is 2.14. The predicted molar refractivity (Wildman–Crippen MR) is 125 cm³/mol. The molecule has 4 aromatic rings. The minimum atomic E-state index is -0.739. The lowest BCUT2D eigenvalue weighted by molar-refractivity contribution is 0.528. The van der Waals surface area contributed by atoms with E-state index in [1.165, 1.54) is 0 Å². The van der Waals surface area contributed by atoms with Gasteiger partial charge >= 0.3 is 0 Å². The van der Waals surface area contributed by atoms with E-state index in [2.05, 4.69) is 26.5 Å². The van der Waals surface area contributed by atoms with Crippen molar-refractivity contribution in [1.29, 1.82) is 0 Å². The molecule has 168 valence electrons. The first kappa shape index (κ1) is 22.1. The van der Waals surface area contributed by atoms with Gasteiger partial charge in [0.15, 0.2) is 5.65 Å². The van der Waals surface area contributed by atoms with Crippen LogP contribution in [0.2, 0.25) is 0 Å².